The number of amides is 2. The molecule has 0 aromatic carbocycles. The summed E-state index contributed by atoms with van der Waals surface area (Å²) in [6.45, 7) is 9.40. The monoisotopic (exact) mass is 355 g/mol. The Bertz CT molecular complexity index is 538. The SMILES string of the molecule is CCOC(=O)C(O)(CCC=C(C)C)CC(=O)N1C(=O)OCC1C(C)C. The van der Waals surface area contributed by atoms with Crippen molar-refractivity contribution in [1.82, 2.24) is 4.90 Å². The van der Waals surface area contributed by atoms with Crippen LogP contribution in [0.3, 0.4) is 0 Å². The Morgan fingerprint density at radius 3 is 2.60 bits per heavy atom. The van der Waals surface area contributed by atoms with Crippen molar-refractivity contribution in [3.63, 3.8) is 0 Å². The second kappa shape index (κ2) is 8.99. The van der Waals surface area contributed by atoms with E-state index in [1.165, 1.54) is 0 Å². The van der Waals surface area contributed by atoms with Crippen molar-refractivity contribution in [3.8, 4) is 0 Å². The summed E-state index contributed by atoms with van der Waals surface area (Å²) in [4.78, 5) is 37.7. The van der Waals surface area contributed by atoms with Crippen LogP contribution in [0.1, 0.15) is 53.9 Å². The highest BCUT2D eigenvalue weighted by Gasteiger charge is 2.45. The van der Waals surface area contributed by atoms with Crippen molar-refractivity contribution in [3.05, 3.63) is 11.6 Å². The molecule has 0 aliphatic carbocycles. The molecule has 1 saturated heterocycles. The number of carbonyl (C=O) groups is 3. The van der Waals surface area contributed by atoms with Crippen LogP contribution in [0, 0.1) is 5.92 Å². The molecule has 1 heterocycles. The first kappa shape index (κ1) is 21.2. The lowest BCUT2D eigenvalue weighted by Crippen LogP contribution is -2.49. The van der Waals surface area contributed by atoms with E-state index in [1.54, 1.807) is 6.92 Å². The number of carbonyl (C=O) groups excluding carboxylic acids is 3. The van der Waals surface area contributed by atoms with Gasteiger partial charge in [0.05, 0.1) is 19.1 Å². The molecule has 1 N–H and O–H groups in total. The van der Waals surface area contributed by atoms with Crippen LogP contribution in [-0.4, -0.2) is 52.8 Å². The molecule has 2 atom stereocenters. The van der Waals surface area contributed by atoms with Crippen molar-refractivity contribution in [1.29, 1.82) is 0 Å². The molecule has 0 aromatic heterocycles. The van der Waals surface area contributed by atoms with Gasteiger partial charge in [-0.1, -0.05) is 25.5 Å². The first-order chi connectivity index (χ1) is 11.6. The highest BCUT2D eigenvalue weighted by Crippen LogP contribution is 2.26. The van der Waals surface area contributed by atoms with Crippen molar-refractivity contribution >= 4 is 18.0 Å². The predicted octanol–water partition coefficient (Wildman–Crippen LogP) is 2.42. The van der Waals surface area contributed by atoms with Crippen LogP contribution in [0.2, 0.25) is 0 Å². The lowest BCUT2D eigenvalue weighted by Gasteiger charge is -2.28. The van der Waals surface area contributed by atoms with Crippen molar-refractivity contribution in [2.75, 3.05) is 13.2 Å². The van der Waals surface area contributed by atoms with Gasteiger partial charge < -0.3 is 14.6 Å². The molecule has 7 nitrogen and oxygen atoms in total. The zero-order valence-electron chi connectivity index (χ0n) is 15.7. The molecule has 0 radical (unpaired) electrons. The highest BCUT2D eigenvalue weighted by atomic mass is 16.6. The van der Waals surface area contributed by atoms with Gasteiger partial charge in [-0.15, -0.1) is 0 Å². The molecule has 1 aliphatic heterocycles. The summed E-state index contributed by atoms with van der Waals surface area (Å²) in [5.74, 6) is -1.47. The quantitative estimate of drug-likeness (QED) is 0.531. The normalized spacial score (nSPS) is 19.4. The van der Waals surface area contributed by atoms with Crippen LogP contribution in [0.5, 0.6) is 0 Å². The first-order valence-electron chi connectivity index (χ1n) is 8.64. The van der Waals surface area contributed by atoms with E-state index in [-0.39, 0.29) is 25.6 Å². The van der Waals surface area contributed by atoms with Gasteiger partial charge in [0.25, 0.3) is 0 Å². The van der Waals surface area contributed by atoms with E-state index in [9.17, 15) is 19.5 Å². The Kier molecular flexibility index (Phi) is 7.60. The van der Waals surface area contributed by atoms with Crippen LogP contribution in [0.25, 0.3) is 0 Å². The minimum atomic E-state index is -1.97. The summed E-state index contributed by atoms with van der Waals surface area (Å²) in [5.41, 5.74) is -0.927. The number of hydrogen-bond donors (Lipinski definition) is 1. The molecular formula is C18H29NO6. The third kappa shape index (κ3) is 5.56. The largest absolute Gasteiger partial charge is 0.464 e. The van der Waals surface area contributed by atoms with Crippen LogP contribution >= 0.6 is 0 Å². The third-order valence-electron chi connectivity index (χ3n) is 4.15. The second-order valence-electron chi connectivity index (χ2n) is 6.90. The Hall–Kier alpha value is -1.89. The minimum Gasteiger partial charge on any atom is -0.464 e. The Morgan fingerprint density at radius 1 is 1.44 bits per heavy atom. The molecule has 25 heavy (non-hydrogen) atoms. The fourth-order valence-corrected chi connectivity index (χ4v) is 2.68. The van der Waals surface area contributed by atoms with Crippen molar-refractivity contribution in [2.45, 2.75) is 65.5 Å². The van der Waals surface area contributed by atoms with Gasteiger partial charge >= 0.3 is 12.1 Å². The molecule has 0 saturated carbocycles. The number of ether oxygens (including phenoxy) is 2. The van der Waals surface area contributed by atoms with E-state index >= 15 is 0 Å². The molecule has 2 amide bonds. The van der Waals surface area contributed by atoms with E-state index in [1.807, 2.05) is 33.8 Å². The molecular weight excluding hydrogens is 326 g/mol. The maximum atomic E-state index is 12.6. The van der Waals surface area contributed by atoms with E-state index in [0.717, 1.165) is 10.5 Å². The third-order valence-corrected chi connectivity index (χ3v) is 4.15. The standard InChI is InChI=1S/C18H29NO6/c1-6-24-16(21)18(23,9-7-8-12(2)3)10-15(20)19-14(13(4)5)11-25-17(19)22/h8,13-14,23H,6-7,9-11H2,1-5H3. The Morgan fingerprint density at radius 2 is 2.08 bits per heavy atom. The number of aliphatic hydroxyl groups is 1. The molecule has 2 unspecified atom stereocenters. The molecule has 1 aliphatic rings. The average Bonchev–Trinajstić information content (AvgIpc) is 2.89. The van der Waals surface area contributed by atoms with Gasteiger partial charge in [-0.3, -0.25) is 4.79 Å². The van der Waals surface area contributed by atoms with Gasteiger partial charge in [0.15, 0.2) is 5.60 Å². The summed E-state index contributed by atoms with van der Waals surface area (Å²) >= 11 is 0. The van der Waals surface area contributed by atoms with Gasteiger partial charge in [0, 0.05) is 0 Å². The van der Waals surface area contributed by atoms with Crippen LogP contribution in [0.4, 0.5) is 4.79 Å². The molecule has 1 fully saturated rings. The fourth-order valence-electron chi connectivity index (χ4n) is 2.68. The molecule has 142 valence electrons. The lowest BCUT2D eigenvalue weighted by atomic mass is 9.92. The number of nitrogens with zero attached hydrogens (tertiary/aromatic N) is 1. The number of rotatable bonds is 8. The van der Waals surface area contributed by atoms with E-state index in [4.69, 9.17) is 9.47 Å². The molecule has 0 spiro atoms. The van der Waals surface area contributed by atoms with Crippen LogP contribution in [-0.2, 0) is 19.1 Å². The zero-order valence-corrected chi connectivity index (χ0v) is 15.7. The summed E-state index contributed by atoms with van der Waals surface area (Å²) in [6, 6.07) is -0.399. The predicted molar refractivity (Wildman–Crippen MR) is 91.7 cm³/mol. The first-order valence-corrected chi connectivity index (χ1v) is 8.64. The van der Waals surface area contributed by atoms with E-state index < -0.39 is 36.0 Å². The number of hydrogen-bond acceptors (Lipinski definition) is 6. The average molecular weight is 355 g/mol. The second-order valence-corrected chi connectivity index (χ2v) is 6.90. The number of cyclic esters (lactones) is 1. The van der Waals surface area contributed by atoms with Gasteiger partial charge in [-0.05, 0) is 39.5 Å². The zero-order chi connectivity index (χ0) is 19.2. The van der Waals surface area contributed by atoms with Crippen LogP contribution < -0.4 is 0 Å². The highest BCUT2D eigenvalue weighted by molar-refractivity contribution is 5.96. The number of allylic oxidation sites excluding steroid dienone is 2. The van der Waals surface area contributed by atoms with Gasteiger partial charge in [0.2, 0.25) is 5.91 Å². The van der Waals surface area contributed by atoms with Crippen molar-refractivity contribution < 1.29 is 29.0 Å². The molecule has 7 heteroatoms. The Balaban J connectivity index is 2.95. The Labute approximate surface area is 149 Å². The van der Waals surface area contributed by atoms with Gasteiger partial charge in [0.1, 0.15) is 6.61 Å². The van der Waals surface area contributed by atoms with Crippen molar-refractivity contribution in [2.24, 2.45) is 5.92 Å². The summed E-state index contributed by atoms with van der Waals surface area (Å²) in [5, 5.41) is 10.8. The van der Waals surface area contributed by atoms with Gasteiger partial charge in [-0.25, -0.2) is 14.5 Å². The summed E-state index contributed by atoms with van der Waals surface area (Å²) < 4.78 is 9.89. The molecule has 0 aromatic rings. The topological polar surface area (TPSA) is 93.1 Å². The maximum absolute atomic E-state index is 12.6. The van der Waals surface area contributed by atoms with E-state index in [2.05, 4.69) is 0 Å². The minimum absolute atomic E-state index is 0.0109. The molecule has 0 bridgehead atoms. The maximum Gasteiger partial charge on any atom is 0.416 e. The van der Waals surface area contributed by atoms with Crippen LogP contribution in [0.15, 0.2) is 11.6 Å². The smallest absolute Gasteiger partial charge is 0.416 e. The number of esters is 1. The lowest BCUT2D eigenvalue weighted by molar-refractivity contribution is -0.169. The molecule has 1 rings (SSSR count). The van der Waals surface area contributed by atoms with E-state index in [0.29, 0.717) is 6.42 Å². The fraction of sp³-hybridized carbons (Fsp3) is 0.722. The van der Waals surface area contributed by atoms with Gasteiger partial charge in [-0.2, -0.15) is 0 Å². The number of imide groups is 1. The summed E-state index contributed by atoms with van der Waals surface area (Å²) in [7, 11) is 0. The summed E-state index contributed by atoms with van der Waals surface area (Å²) in [6.07, 6.45) is 1.08.